The topological polar surface area (TPSA) is 0 Å². The number of unbranched alkanes of at least 4 members (excludes halogenated alkanes) is 2. The maximum Gasteiger partial charge on any atom is 0.0595 e. The number of benzene rings is 1. The summed E-state index contributed by atoms with van der Waals surface area (Å²) in [5.41, 5.74) is 2.45. The van der Waals surface area contributed by atoms with Gasteiger partial charge in [-0.25, -0.2) is 0 Å². The summed E-state index contributed by atoms with van der Waals surface area (Å²) >= 11 is 11.9. The lowest BCUT2D eigenvalue weighted by molar-refractivity contribution is 0.747. The van der Waals surface area contributed by atoms with E-state index in [1.54, 1.807) is 6.08 Å². The molecular formula is C19H22Cl2. The fourth-order valence-corrected chi connectivity index (χ4v) is 2.25. The van der Waals surface area contributed by atoms with Gasteiger partial charge in [-0.3, -0.25) is 0 Å². The lowest BCUT2D eigenvalue weighted by atomic mass is 10.1. The molecule has 0 saturated heterocycles. The Morgan fingerprint density at radius 2 is 1.95 bits per heavy atom. The second-order valence-corrected chi connectivity index (χ2v) is 5.59. The zero-order valence-electron chi connectivity index (χ0n) is 12.5. The number of rotatable bonds is 8. The van der Waals surface area contributed by atoms with E-state index >= 15 is 0 Å². The molecule has 0 heterocycles. The average molecular weight is 321 g/mol. The fourth-order valence-electron chi connectivity index (χ4n) is 1.93. The van der Waals surface area contributed by atoms with E-state index in [0.29, 0.717) is 10.0 Å². The first kappa shape index (κ1) is 17.8. The van der Waals surface area contributed by atoms with Crippen molar-refractivity contribution in [2.24, 2.45) is 0 Å². The Labute approximate surface area is 138 Å². The molecule has 0 aromatic heterocycles. The van der Waals surface area contributed by atoms with Crippen LogP contribution in [0.4, 0.5) is 0 Å². The Bertz CT molecular complexity index is 536. The molecule has 0 bridgehead atoms. The molecule has 21 heavy (non-hydrogen) atoms. The van der Waals surface area contributed by atoms with E-state index in [1.165, 1.54) is 17.6 Å². The van der Waals surface area contributed by atoms with Gasteiger partial charge in [0, 0.05) is 0 Å². The van der Waals surface area contributed by atoms with Crippen molar-refractivity contribution in [1.82, 2.24) is 0 Å². The molecule has 0 radical (unpaired) electrons. The average Bonchev–Trinajstić information content (AvgIpc) is 2.49. The molecule has 0 aliphatic heterocycles. The smallest absolute Gasteiger partial charge is 0.0595 e. The van der Waals surface area contributed by atoms with Crippen LogP contribution in [0.25, 0.3) is 0 Å². The number of hydrogen-bond acceptors (Lipinski definition) is 0. The summed E-state index contributed by atoms with van der Waals surface area (Å²) in [5.74, 6) is 0. The second-order valence-electron chi connectivity index (χ2n) is 4.78. The summed E-state index contributed by atoms with van der Waals surface area (Å²) in [4.78, 5) is 0. The van der Waals surface area contributed by atoms with Crippen molar-refractivity contribution >= 4 is 23.2 Å². The first-order valence-corrected chi connectivity index (χ1v) is 7.99. The van der Waals surface area contributed by atoms with Gasteiger partial charge in [0.15, 0.2) is 0 Å². The minimum atomic E-state index is 0.620. The van der Waals surface area contributed by atoms with Crippen LogP contribution in [0.5, 0.6) is 0 Å². The molecule has 0 atom stereocenters. The lowest BCUT2D eigenvalue weighted by Crippen LogP contribution is -1.85. The minimum absolute atomic E-state index is 0.620. The van der Waals surface area contributed by atoms with Gasteiger partial charge in [-0.1, -0.05) is 72.3 Å². The van der Waals surface area contributed by atoms with Crippen molar-refractivity contribution in [2.75, 3.05) is 0 Å². The molecule has 1 aromatic carbocycles. The Kier molecular flexibility index (Phi) is 8.89. The van der Waals surface area contributed by atoms with Crippen LogP contribution in [0.3, 0.4) is 0 Å². The van der Waals surface area contributed by atoms with E-state index in [0.717, 1.165) is 19.3 Å². The summed E-state index contributed by atoms with van der Waals surface area (Å²) in [6, 6.07) is 5.86. The monoisotopic (exact) mass is 320 g/mol. The summed E-state index contributed by atoms with van der Waals surface area (Å²) in [6.45, 7) is 5.71. The van der Waals surface area contributed by atoms with Crippen LogP contribution in [0.2, 0.25) is 10.0 Å². The molecule has 0 fully saturated rings. The third kappa shape index (κ3) is 7.36. The molecule has 0 nitrogen and oxygen atoms in total. The summed E-state index contributed by atoms with van der Waals surface area (Å²) in [5, 5.41) is 1.26. The molecule has 0 spiro atoms. The van der Waals surface area contributed by atoms with E-state index in [-0.39, 0.29) is 0 Å². The van der Waals surface area contributed by atoms with Crippen molar-refractivity contribution in [3.63, 3.8) is 0 Å². The SMILES string of the molecule is C=C\C=C/C(=C\C)/C=C/CCCCc1ccc(Cl)c(Cl)c1. The second kappa shape index (κ2) is 10.5. The van der Waals surface area contributed by atoms with Crippen LogP contribution < -0.4 is 0 Å². The van der Waals surface area contributed by atoms with Gasteiger partial charge in [0.2, 0.25) is 0 Å². The van der Waals surface area contributed by atoms with Crippen LogP contribution in [0.15, 0.2) is 66.8 Å². The van der Waals surface area contributed by atoms with E-state index in [4.69, 9.17) is 23.2 Å². The Hall–Kier alpha value is -1.24. The van der Waals surface area contributed by atoms with Crippen LogP contribution in [0.1, 0.15) is 31.7 Å². The van der Waals surface area contributed by atoms with Gasteiger partial charge >= 0.3 is 0 Å². The number of allylic oxidation sites excluding steroid dienone is 7. The van der Waals surface area contributed by atoms with Gasteiger partial charge in [-0.05, 0) is 55.9 Å². The molecular weight excluding hydrogens is 299 g/mol. The van der Waals surface area contributed by atoms with E-state index in [1.807, 2.05) is 31.2 Å². The van der Waals surface area contributed by atoms with E-state index in [9.17, 15) is 0 Å². The van der Waals surface area contributed by atoms with Gasteiger partial charge in [-0.2, -0.15) is 0 Å². The van der Waals surface area contributed by atoms with E-state index < -0.39 is 0 Å². The first-order valence-electron chi connectivity index (χ1n) is 7.23. The molecule has 1 aromatic rings. The fraction of sp³-hybridized carbons (Fsp3) is 0.263. The predicted octanol–water partition coefficient (Wildman–Crippen LogP) is 6.95. The summed E-state index contributed by atoms with van der Waals surface area (Å²) in [7, 11) is 0. The van der Waals surface area contributed by atoms with Gasteiger partial charge in [0.25, 0.3) is 0 Å². The number of halogens is 2. The van der Waals surface area contributed by atoms with Crippen LogP contribution in [-0.2, 0) is 6.42 Å². The highest BCUT2D eigenvalue weighted by atomic mass is 35.5. The first-order chi connectivity index (χ1) is 10.2. The zero-order valence-corrected chi connectivity index (χ0v) is 14.0. The Morgan fingerprint density at radius 3 is 2.62 bits per heavy atom. The largest absolute Gasteiger partial charge is 0.0991 e. The summed E-state index contributed by atoms with van der Waals surface area (Å²) < 4.78 is 0. The van der Waals surface area contributed by atoms with Crippen molar-refractivity contribution in [1.29, 1.82) is 0 Å². The molecule has 112 valence electrons. The van der Waals surface area contributed by atoms with E-state index in [2.05, 4.69) is 30.9 Å². The standard InChI is InChI=1S/C19H22Cl2/c1-3-5-10-16(4-2)11-8-6-7-9-12-17-13-14-18(20)19(21)15-17/h3-5,8,10-11,13-15H,1,6-7,9,12H2,2H3/b10-5-,11-8+,16-4+. The highest BCUT2D eigenvalue weighted by Crippen LogP contribution is 2.23. The third-order valence-electron chi connectivity index (χ3n) is 3.14. The minimum Gasteiger partial charge on any atom is -0.0991 e. The van der Waals surface area contributed by atoms with Crippen LogP contribution in [0, 0.1) is 0 Å². The summed E-state index contributed by atoms with van der Waals surface area (Å²) in [6.07, 6.45) is 16.7. The molecule has 0 aliphatic carbocycles. The van der Waals surface area contributed by atoms with Gasteiger partial charge in [0.1, 0.15) is 0 Å². The molecule has 2 heteroatoms. The normalized spacial score (nSPS) is 12.4. The molecule has 0 aliphatic rings. The molecule has 0 unspecified atom stereocenters. The van der Waals surface area contributed by atoms with Gasteiger partial charge in [-0.15, -0.1) is 0 Å². The van der Waals surface area contributed by atoms with Gasteiger partial charge < -0.3 is 0 Å². The maximum absolute atomic E-state index is 6.01. The van der Waals surface area contributed by atoms with Crippen molar-refractivity contribution in [3.8, 4) is 0 Å². The zero-order chi connectivity index (χ0) is 15.5. The quantitative estimate of drug-likeness (QED) is 0.359. The van der Waals surface area contributed by atoms with Crippen LogP contribution in [-0.4, -0.2) is 0 Å². The molecule has 0 amide bonds. The van der Waals surface area contributed by atoms with Crippen LogP contribution >= 0.6 is 23.2 Å². The van der Waals surface area contributed by atoms with Crippen molar-refractivity contribution in [2.45, 2.75) is 32.6 Å². The number of hydrogen-bond donors (Lipinski definition) is 0. The Morgan fingerprint density at radius 1 is 1.14 bits per heavy atom. The lowest BCUT2D eigenvalue weighted by Gasteiger charge is -2.02. The predicted molar refractivity (Wildman–Crippen MR) is 96.3 cm³/mol. The molecule has 0 N–H and O–H groups in total. The van der Waals surface area contributed by atoms with Crippen molar-refractivity contribution < 1.29 is 0 Å². The van der Waals surface area contributed by atoms with Crippen molar-refractivity contribution in [3.05, 3.63) is 82.4 Å². The Balaban J connectivity index is 2.29. The third-order valence-corrected chi connectivity index (χ3v) is 3.88. The highest BCUT2D eigenvalue weighted by Gasteiger charge is 1.99. The number of aryl methyl sites for hydroxylation is 1. The molecule has 0 saturated carbocycles. The highest BCUT2D eigenvalue weighted by molar-refractivity contribution is 6.42. The van der Waals surface area contributed by atoms with Gasteiger partial charge in [0.05, 0.1) is 10.0 Å². The molecule has 1 rings (SSSR count). The maximum atomic E-state index is 6.01.